The Labute approximate surface area is 204 Å². The Morgan fingerprint density at radius 1 is 0.848 bits per heavy atom. The molecule has 6 nitrogen and oxygen atoms in total. The molecule has 0 radical (unpaired) electrons. The summed E-state index contributed by atoms with van der Waals surface area (Å²) in [5, 5.41) is 12.4. The van der Waals surface area contributed by atoms with Gasteiger partial charge in [-0.2, -0.15) is 0 Å². The van der Waals surface area contributed by atoms with Gasteiger partial charge in [0.1, 0.15) is 0 Å². The number of piperazine rings is 1. The average Bonchev–Trinajstić information content (AvgIpc) is 2.82. The number of rotatable bonds is 5. The zero-order valence-electron chi connectivity index (χ0n) is 17.9. The number of carbonyl (C=O) groups excluding carboxylic acids is 1. The van der Waals surface area contributed by atoms with Crippen LogP contribution in [0.1, 0.15) is 27.5 Å². The van der Waals surface area contributed by atoms with Gasteiger partial charge in [-0.05, 0) is 29.3 Å². The van der Waals surface area contributed by atoms with Gasteiger partial charge in [-0.15, -0.1) is 12.4 Å². The van der Waals surface area contributed by atoms with Crippen molar-refractivity contribution < 1.29 is 14.7 Å². The van der Waals surface area contributed by atoms with E-state index in [1.165, 1.54) is 23.3 Å². The van der Waals surface area contributed by atoms with Crippen LogP contribution in [-0.4, -0.2) is 53.1 Å². The number of aromatic carboxylic acids is 1. The van der Waals surface area contributed by atoms with Crippen LogP contribution in [0.2, 0.25) is 5.02 Å². The summed E-state index contributed by atoms with van der Waals surface area (Å²) in [5.74, 6) is -1.14. The Balaban J connectivity index is 0.00000306. The van der Waals surface area contributed by atoms with E-state index in [4.69, 9.17) is 11.6 Å². The third-order valence-corrected chi connectivity index (χ3v) is 5.89. The SMILES string of the molecule is Cl.O=C(O)c1cc(Cl)ccc1NC(=O)N1CCN(C(c2ccccc2)c2ccccc2)CC1. The lowest BCUT2D eigenvalue weighted by Gasteiger charge is -2.39. The summed E-state index contributed by atoms with van der Waals surface area (Å²) in [4.78, 5) is 28.4. The van der Waals surface area contributed by atoms with Gasteiger partial charge in [-0.3, -0.25) is 4.90 Å². The first kappa shape index (κ1) is 24.6. The molecule has 172 valence electrons. The lowest BCUT2D eigenvalue weighted by molar-refractivity contribution is 0.0698. The number of nitrogens with zero attached hydrogens (tertiary/aromatic N) is 2. The van der Waals surface area contributed by atoms with Crippen molar-refractivity contribution in [1.82, 2.24) is 9.80 Å². The zero-order chi connectivity index (χ0) is 22.5. The number of carbonyl (C=O) groups is 2. The highest BCUT2D eigenvalue weighted by molar-refractivity contribution is 6.31. The maximum absolute atomic E-state index is 12.8. The molecule has 0 unspecified atom stereocenters. The molecule has 0 bridgehead atoms. The first-order valence-corrected chi connectivity index (χ1v) is 10.8. The normalized spacial score (nSPS) is 13.9. The van der Waals surface area contributed by atoms with Gasteiger partial charge >= 0.3 is 12.0 Å². The summed E-state index contributed by atoms with van der Waals surface area (Å²) >= 11 is 5.90. The van der Waals surface area contributed by atoms with E-state index in [-0.39, 0.29) is 35.7 Å². The monoisotopic (exact) mass is 485 g/mol. The number of benzene rings is 3. The summed E-state index contributed by atoms with van der Waals surface area (Å²) in [7, 11) is 0. The van der Waals surface area contributed by atoms with Crippen LogP contribution in [-0.2, 0) is 0 Å². The van der Waals surface area contributed by atoms with Gasteiger partial charge in [0.15, 0.2) is 0 Å². The van der Waals surface area contributed by atoms with Gasteiger partial charge in [0.05, 0.1) is 17.3 Å². The molecule has 1 heterocycles. The van der Waals surface area contributed by atoms with E-state index >= 15 is 0 Å². The quantitative estimate of drug-likeness (QED) is 0.507. The van der Waals surface area contributed by atoms with Gasteiger partial charge in [0, 0.05) is 31.2 Å². The number of anilines is 1. The van der Waals surface area contributed by atoms with Crippen molar-refractivity contribution in [1.29, 1.82) is 0 Å². The van der Waals surface area contributed by atoms with Crippen molar-refractivity contribution in [3.63, 3.8) is 0 Å². The Morgan fingerprint density at radius 3 is 1.91 bits per heavy atom. The summed E-state index contributed by atoms with van der Waals surface area (Å²) in [6.07, 6.45) is 0. The molecule has 0 aliphatic carbocycles. The molecule has 1 fully saturated rings. The summed E-state index contributed by atoms with van der Waals surface area (Å²) in [5.41, 5.74) is 2.63. The van der Waals surface area contributed by atoms with Crippen molar-refractivity contribution in [2.24, 2.45) is 0 Å². The maximum atomic E-state index is 12.8. The van der Waals surface area contributed by atoms with E-state index in [0.29, 0.717) is 31.2 Å². The smallest absolute Gasteiger partial charge is 0.337 e. The summed E-state index contributed by atoms with van der Waals surface area (Å²) < 4.78 is 0. The second kappa shape index (κ2) is 11.2. The lowest BCUT2D eigenvalue weighted by atomic mass is 9.96. The van der Waals surface area contributed by atoms with E-state index in [1.807, 2.05) is 36.4 Å². The first-order chi connectivity index (χ1) is 15.5. The summed E-state index contributed by atoms with van der Waals surface area (Å²) in [6, 6.07) is 24.9. The number of amides is 2. The van der Waals surface area contributed by atoms with Crippen molar-refractivity contribution in [2.45, 2.75) is 6.04 Å². The molecule has 0 atom stereocenters. The standard InChI is InChI=1S/C25H24ClN3O3.ClH/c26-20-11-12-22(21(17-20)24(30)31)27-25(32)29-15-13-28(14-16-29)23(18-7-3-1-4-8-18)19-9-5-2-6-10-19;/h1-12,17,23H,13-16H2,(H,27,32)(H,30,31);1H. The highest BCUT2D eigenvalue weighted by Gasteiger charge is 2.28. The molecule has 33 heavy (non-hydrogen) atoms. The molecule has 1 aliphatic heterocycles. The van der Waals surface area contributed by atoms with Gasteiger partial charge in [0.25, 0.3) is 0 Å². The van der Waals surface area contributed by atoms with Gasteiger partial charge < -0.3 is 15.3 Å². The van der Waals surface area contributed by atoms with Crippen LogP contribution in [0.25, 0.3) is 0 Å². The van der Waals surface area contributed by atoms with Crippen molar-refractivity contribution in [3.05, 3.63) is 101 Å². The number of hydrogen-bond donors (Lipinski definition) is 2. The third-order valence-electron chi connectivity index (χ3n) is 5.65. The molecule has 1 aliphatic rings. The third kappa shape index (κ3) is 5.85. The van der Waals surface area contributed by atoms with Crippen LogP contribution in [0.15, 0.2) is 78.9 Å². The zero-order valence-corrected chi connectivity index (χ0v) is 19.4. The summed E-state index contributed by atoms with van der Waals surface area (Å²) in [6.45, 7) is 2.48. The minimum atomic E-state index is -1.14. The van der Waals surface area contributed by atoms with Gasteiger partial charge in [0.2, 0.25) is 0 Å². The average molecular weight is 486 g/mol. The highest BCUT2D eigenvalue weighted by Crippen LogP contribution is 2.29. The fourth-order valence-corrected chi connectivity index (χ4v) is 4.24. The Kier molecular flexibility index (Phi) is 8.33. The van der Waals surface area contributed by atoms with Crippen LogP contribution < -0.4 is 5.32 Å². The van der Waals surface area contributed by atoms with Crippen molar-refractivity contribution in [3.8, 4) is 0 Å². The molecule has 0 aromatic heterocycles. The molecular weight excluding hydrogens is 461 g/mol. The lowest BCUT2D eigenvalue weighted by Crippen LogP contribution is -2.51. The van der Waals surface area contributed by atoms with Crippen molar-refractivity contribution >= 4 is 41.7 Å². The van der Waals surface area contributed by atoms with Crippen LogP contribution >= 0.6 is 24.0 Å². The molecule has 0 spiro atoms. The van der Waals surface area contributed by atoms with Gasteiger partial charge in [-0.1, -0.05) is 72.3 Å². The number of hydrogen-bond acceptors (Lipinski definition) is 3. The number of nitrogens with one attached hydrogen (secondary N) is 1. The predicted molar refractivity (Wildman–Crippen MR) is 133 cm³/mol. The van der Waals surface area contributed by atoms with E-state index in [1.54, 1.807) is 11.0 Å². The van der Waals surface area contributed by atoms with E-state index < -0.39 is 5.97 Å². The molecule has 8 heteroatoms. The Morgan fingerprint density at radius 2 is 1.39 bits per heavy atom. The fraction of sp³-hybridized carbons (Fsp3) is 0.200. The van der Waals surface area contributed by atoms with Crippen LogP contribution in [0.4, 0.5) is 10.5 Å². The molecule has 3 aromatic rings. The maximum Gasteiger partial charge on any atom is 0.337 e. The minimum Gasteiger partial charge on any atom is -0.478 e. The van der Waals surface area contributed by atoms with Gasteiger partial charge in [-0.25, -0.2) is 9.59 Å². The molecule has 3 aromatic carbocycles. The minimum absolute atomic E-state index is 0. The largest absolute Gasteiger partial charge is 0.478 e. The van der Waals surface area contributed by atoms with E-state index in [9.17, 15) is 14.7 Å². The van der Waals surface area contributed by atoms with Crippen LogP contribution in [0.3, 0.4) is 0 Å². The van der Waals surface area contributed by atoms with Crippen LogP contribution in [0.5, 0.6) is 0 Å². The molecule has 4 rings (SSSR count). The molecule has 1 saturated heterocycles. The molecule has 0 saturated carbocycles. The highest BCUT2D eigenvalue weighted by atomic mass is 35.5. The number of carboxylic acids is 1. The Hall–Kier alpha value is -3.06. The van der Waals surface area contributed by atoms with E-state index in [0.717, 1.165) is 0 Å². The predicted octanol–water partition coefficient (Wildman–Crippen LogP) is 5.40. The topological polar surface area (TPSA) is 72.9 Å². The van der Waals surface area contributed by atoms with Crippen LogP contribution in [0, 0.1) is 0 Å². The molecular formula is C25H25Cl2N3O3. The van der Waals surface area contributed by atoms with Crippen molar-refractivity contribution in [2.75, 3.05) is 31.5 Å². The second-order valence-corrected chi connectivity index (χ2v) is 8.11. The number of carboxylic acid groups (broad SMARTS) is 1. The number of urea groups is 1. The molecule has 2 N–H and O–H groups in total. The molecule has 2 amide bonds. The Bertz CT molecular complexity index is 1050. The second-order valence-electron chi connectivity index (χ2n) is 7.67. The number of halogens is 2. The fourth-order valence-electron chi connectivity index (χ4n) is 4.06. The van der Waals surface area contributed by atoms with E-state index in [2.05, 4.69) is 34.5 Å². The first-order valence-electron chi connectivity index (χ1n) is 10.5.